The molecule has 0 fully saturated rings. The molecule has 0 saturated carbocycles. The SMILES string of the molecule is CC.CC.CN(C)C.CN(C)c1ccccc1.Cn1ccnc1.[CH2-]CN(C)C[CH2-].[V+2].c1ccncc1. The summed E-state index contributed by atoms with van der Waals surface area (Å²) >= 11 is 0. The minimum atomic E-state index is 0. The molecule has 0 unspecified atom stereocenters. The first-order valence-corrected chi connectivity index (χ1v) is 12.1. The molecule has 0 N–H and O–H groups in total. The van der Waals surface area contributed by atoms with E-state index in [-0.39, 0.29) is 18.6 Å². The van der Waals surface area contributed by atoms with Gasteiger partial charge in [-0.05, 0) is 52.5 Å². The monoisotopic (exact) mass is 537 g/mol. The molecule has 0 aliphatic rings. The summed E-state index contributed by atoms with van der Waals surface area (Å²) in [7, 11) is 14.0. The Hall–Kier alpha value is -2.12. The van der Waals surface area contributed by atoms with E-state index in [1.807, 2.05) is 134 Å². The van der Waals surface area contributed by atoms with Gasteiger partial charge in [0.15, 0.2) is 0 Å². The topological polar surface area (TPSA) is 40.4 Å². The predicted molar refractivity (Wildman–Crippen MR) is 159 cm³/mol. The van der Waals surface area contributed by atoms with Crippen LogP contribution >= 0.6 is 0 Å². The van der Waals surface area contributed by atoms with E-state index in [1.165, 1.54) is 5.69 Å². The molecule has 0 saturated heterocycles. The zero-order chi connectivity index (χ0) is 27.9. The number of rotatable bonds is 3. The molecule has 0 spiro atoms. The summed E-state index contributed by atoms with van der Waals surface area (Å²) in [6.07, 6.45) is 8.89. The van der Waals surface area contributed by atoms with Crippen molar-refractivity contribution < 1.29 is 18.6 Å². The van der Waals surface area contributed by atoms with E-state index in [9.17, 15) is 0 Å². The van der Waals surface area contributed by atoms with Crippen LogP contribution in [0.15, 0.2) is 79.6 Å². The maximum atomic E-state index is 3.78. The van der Waals surface area contributed by atoms with Gasteiger partial charge < -0.3 is 33.1 Å². The number of anilines is 1. The zero-order valence-electron chi connectivity index (χ0n) is 25.0. The fourth-order valence-corrected chi connectivity index (χ4v) is 1.48. The first-order valence-electron chi connectivity index (χ1n) is 12.1. The minimum Gasteiger partial charge on any atom is -0.378 e. The molecular formula is C29H54N6V. The summed E-state index contributed by atoms with van der Waals surface area (Å²) in [5.41, 5.74) is 1.25. The second-order valence-electron chi connectivity index (χ2n) is 7.13. The van der Waals surface area contributed by atoms with Gasteiger partial charge in [-0.3, -0.25) is 4.98 Å². The summed E-state index contributed by atoms with van der Waals surface area (Å²) in [5, 5.41) is 0. The van der Waals surface area contributed by atoms with E-state index >= 15 is 0 Å². The largest absolute Gasteiger partial charge is 2.00 e. The average Bonchev–Trinajstić information content (AvgIpc) is 3.39. The maximum absolute atomic E-state index is 3.78. The number of aryl methyl sites for hydroxylation is 1. The fraction of sp³-hybridized carbons (Fsp3) is 0.448. The molecule has 2 heterocycles. The van der Waals surface area contributed by atoms with Crippen LogP contribution in [0.3, 0.4) is 0 Å². The van der Waals surface area contributed by atoms with E-state index in [1.54, 1.807) is 24.9 Å². The molecule has 0 atom stereocenters. The van der Waals surface area contributed by atoms with Crippen LogP contribution in [0.25, 0.3) is 0 Å². The molecule has 3 rings (SSSR count). The molecule has 6 nitrogen and oxygen atoms in total. The number of hydrogen-bond donors (Lipinski definition) is 0. The number of benzene rings is 1. The molecule has 3 aromatic rings. The van der Waals surface area contributed by atoms with Gasteiger partial charge in [0.25, 0.3) is 0 Å². The number of hydrogen-bond acceptors (Lipinski definition) is 5. The molecule has 0 aliphatic carbocycles. The average molecular weight is 538 g/mol. The van der Waals surface area contributed by atoms with Crippen LogP contribution in [-0.4, -0.2) is 79.7 Å². The number of imidazole rings is 1. The first-order chi connectivity index (χ1) is 16.7. The summed E-state index contributed by atoms with van der Waals surface area (Å²) in [4.78, 5) is 13.7. The van der Waals surface area contributed by atoms with E-state index in [0.717, 1.165) is 13.1 Å². The van der Waals surface area contributed by atoms with Crippen molar-refractivity contribution in [1.29, 1.82) is 0 Å². The molecular weight excluding hydrogens is 483 g/mol. The van der Waals surface area contributed by atoms with Crippen LogP contribution < -0.4 is 4.90 Å². The second-order valence-corrected chi connectivity index (χ2v) is 7.13. The van der Waals surface area contributed by atoms with Crippen molar-refractivity contribution >= 4 is 5.69 Å². The van der Waals surface area contributed by atoms with Crippen molar-refractivity contribution in [3.8, 4) is 0 Å². The molecule has 1 aromatic carbocycles. The van der Waals surface area contributed by atoms with Crippen molar-refractivity contribution in [1.82, 2.24) is 24.3 Å². The van der Waals surface area contributed by atoms with E-state index in [4.69, 9.17) is 0 Å². The first kappa shape index (κ1) is 43.9. The van der Waals surface area contributed by atoms with Crippen molar-refractivity contribution in [3.05, 3.63) is 93.5 Å². The summed E-state index contributed by atoms with van der Waals surface area (Å²) in [5.74, 6) is 0. The Kier molecular flexibility index (Phi) is 45.7. The maximum Gasteiger partial charge on any atom is 2.00 e. The van der Waals surface area contributed by atoms with Crippen molar-refractivity contribution in [3.63, 3.8) is 0 Å². The Morgan fingerprint density at radius 3 is 1.25 bits per heavy atom. The van der Waals surface area contributed by atoms with E-state index in [0.29, 0.717) is 0 Å². The Morgan fingerprint density at radius 1 is 0.694 bits per heavy atom. The van der Waals surface area contributed by atoms with Crippen molar-refractivity contribution in [2.45, 2.75) is 27.7 Å². The Bertz CT molecular complexity index is 644. The van der Waals surface area contributed by atoms with Gasteiger partial charge in [0.05, 0.1) is 6.33 Å². The molecule has 36 heavy (non-hydrogen) atoms. The van der Waals surface area contributed by atoms with E-state index in [2.05, 4.69) is 40.8 Å². The normalized spacial score (nSPS) is 8.08. The van der Waals surface area contributed by atoms with Gasteiger partial charge in [0, 0.05) is 51.6 Å². The summed E-state index contributed by atoms with van der Waals surface area (Å²) in [6, 6.07) is 16.0. The van der Waals surface area contributed by atoms with Crippen LogP contribution in [0.5, 0.6) is 0 Å². The molecule has 7 heteroatoms. The molecule has 1 radical (unpaired) electrons. The van der Waals surface area contributed by atoms with Gasteiger partial charge in [0.1, 0.15) is 0 Å². The standard InChI is InChI=1S/C8H11N.C5H5N.C5H11N.C4H6N2.C3H9N.2C2H6.V/c1-9(2)8-6-4-3-5-7-8;1-2-4-6-5-3-1;1-4-6(3)5-2;1-6-3-2-5-4-6;1-4(2)3;2*1-2;/h3-7H,1-2H3;1-5H;1-2,4-5H2,3H3;2-4H,1H3;1-3H3;2*1-2H3;/q;;-2;;;;;+2. The molecule has 0 bridgehead atoms. The van der Waals surface area contributed by atoms with Crippen LogP contribution in [0, 0.1) is 13.8 Å². The van der Waals surface area contributed by atoms with Crippen LogP contribution in [-0.2, 0) is 25.6 Å². The van der Waals surface area contributed by atoms with Crippen LogP contribution in [0.1, 0.15) is 27.7 Å². The van der Waals surface area contributed by atoms with Gasteiger partial charge in [0.2, 0.25) is 0 Å². The van der Waals surface area contributed by atoms with E-state index < -0.39 is 0 Å². The molecule has 0 amide bonds. The zero-order valence-corrected chi connectivity index (χ0v) is 26.4. The van der Waals surface area contributed by atoms with Crippen molar-refractivity contribution in [2.75, 3.05) is 60.3 Å². The third kappa shape index (κ3) is 42.1. The van der Waals surface area contributed by atoms with Gasteiger partial charge in [-0.15, -0.1) is 13.1 Å². The number of nitrogens with zero attached hydrogens (tertiary/aromatic N) is 6. The van der Waals surface area contributed by atoms with Crippen LogP contribution in [0.4, 0.5) is 5.69 Å². The van der Waals surface area contributed by atoms with Crippen molar-refractivity contribution in [2.24, 2.45) is 7.05 Å². The van der Waals surface area contributed by atoms with Crippen LogP contribution in [0.2, 0.25) is 0 Å². The molecule has 205 valence electrons. The van der Waals surface area contributed by atoms with Gasteiger partial charge >= 0.3 is 18.6 Å². The predicted octanol–water partition coefficient (Wildman–Crippen LogP) is 6.07. The minimum absolute atomic E-state index is 0. The summed E-state index contributed by atoms with van der Waals surface area (Å²) < 4.78 is 1.89. The smallest absolute Gasteiger partial charge is 0.378 e. The fourth-order valence-electron chi connectivity index (χ4n) is 1.48. The quantitative estimate of drug-likeness (QED) is 0.380. The molecule has 0 aliphatic heterocycles. The number of aromatic nitrogens is 3. The van der Waals surface area contributed by atoms with Gasteiger partial charge in [-0.25, -0.2) is 4.98 Å². The Balaban J connectivity index is -0.000000109. The number of pyridine rings is 1. The third-order valence-corrected chi connectivity index (χ3v) is 3.24. The molecule has 2 aromatic heterocycles. The summed E-state index contributed by atoms with van der Waals surface area (Å²) in [6.45, 7) is 17.0. The van der Waals surface area contributed by atoms with Gasteiger partial charge in [-0.2, -0.15) is 0 Å². The third-order valence-electron chi connectivity index (χ3n) is 3.24. The Morgan fingerprint density at radius 2 is 1.11 bits per heavy atom. The van der Waals surface area contributed by atoms with Gasteiger partial charge in [-0.1, -0.05) is 52.0 Å². The second kappa shape index (κ2) is 37.4. The number of para-hydroxylation sites is 1. The Labute approximate surface area is 236 Å².